The van der Waals surface area contributed by atoms with Gasteiger partial charge in [-0.1, -0.05) is 0 Å². The van der Waals surface area contributed by atoms with Crippen molar-refractivity contribution in [3.63, 3.8) is 0 Å². The molecule has 0 amide bonds. The Hall–Kier alpha value is -0.420. The molecular weight excluding hydrogens is 246 g/mol. The molecule has 1 unspecified atom stereocenters. The Morgan fingerprint density at radius 2 is 2.28 bits per heavy atom. The van der Waals surface area contributed by atoms with Gasteiger partial charge in [0, 0.05) is 31.6 Å². The molecule has 4 nitrogen and oxygen atoms in total. The molecule has 1 saturated heterocycles. The number of aliphatic imine (C=N–C) groups is 1. The van der Waals surface area contributed by atoms with Gasteiger partial charge in [-0.15, -0.1) is 0 Å². The zero-order valence-electron chi connectivity index (χ0n) is 11.9. The van der Waals surface area contributed by atoms with Crippen LogP contribution in [0.25, 0.3) is 0 Å². The van der Waals surface area contributed by atoms with Crippen molar-refractivity contribution in [2.75, 3.05) is 39.1 Å². The number of thioether (sulfide) groups is 1. The van der Waals surface area contributed by atoms with E-state index in [1.807, 2.05) is 0 Å². The van der Waals surface area contributed by atoms with Crippen LogP contribution in [0.3, 0.4) is 0 Å². The minimum absolute atomic E-state index is 0.342. The predicted octanol–water partition coefficient (Wildman–Crippen LogP) is 1.86. The van der Waals surface area contributed by atoms with E-state index in [0.29, 0.717) is 4.75 Å². The van der Waals surface area contributed by atoms with Crippen LogP contribution in [-0.2, 0) is 4.74 Å². The van der Waals surface area contributed by atoms with Gasteiger partial charge in [-0.3, -0.25) is 4.99 Å². The summed E-state index contributed by atoms with van der Waals surface area (Å²) in [5.41, 5.74) is 0. The van der Waals surface area contributed by atoms with Crippen LogP contribution in [0.4, 0.5) is 0 Å². The second-order valence-corrected chi connectivity index (χ2v) is 6.55. The summed E-state index contributed by atoms with van der Waals surface area (Å²) in [6, 6.07) is 0. The van der Waals surface area contributed by atoms with E-state index >= 15 is 0 Å². The molecule has 18 heavy (non-hydrogen) atoms. The summed E-state index contributed by atoms with van der Waals surface area (Å²) in [6.07, 6.45) is 3.62. The third-order valence-corrected chi connectivity index (χ3v) is 4.56. The maximum atomic E-state index is 5.04. The van der Waals surface area contributed by atoms with Gasteiger partial charge in [-0.25, -0.2) is 0 Å². The number of hydrogen-bond acceptors (Lipinski definition) is 3. The maximum absolute atomic E-state index is 5.04. The van der Waals surface area contributed by atoms with Gasteiger partial charge in [0.25, 0.3) is 0 Å². The van der Waals surface area contributed by atoms with Crippen molar-refractivity contribution < 1.29 is 4.74 Å². The van der Waals surface area contributed by atoms with Gasteiger partial charge in [-0.05, 0) is 38.9 Å². The maximum Gasteiger partial charge on any atom is 0.191 e. The number of methoxy groups -OCH3 is 1. The molecule has 1 heterocycles. The minimum atomic E-state index is 0.342. The van der Waals surface area contributed by atoms with Crippen LogP contribution in [0.1, 0.15) is 33.1 Å². The number of rotatable bonds is 7. The summed E-state index contributed by atoms with van der Waals surface area (Å²) in [5, 5.41) is 6.64. The lowest BCUT2D eigenvalue weighted by molar-refractivity contribution is 0.195. The molecule has 0 bridgehead atoms. The molecule has 106 valence electrons. The van der Waals surface area contributed by atoms with E-state index < -0.39 is 0 Å². The minimum Gasteiger partial charge on any atom is -0.385 e. The Labute approximate surface area is 115 Å². The van der Waals surface area contributed by atoms with Crippen molar-refractivity contribution in [1.82, 2.24) is 10.6 Å². The van der Waals surface area contributed by atoms with Gasteiger partial charge in [0.15, 0.2) is 5.96 Å². The highest BCUT2D eigenvalue weighted by atomic mass is 32.2. The number of hydrogen-bond donors (Lipinski definition) is 2. The predicted molar refractivity (Wildman–Crippen MR) is 80.6 cm³/mol. The summed E-state index contributed by atoms with van der Waals surface area (Å²) < 4.78 is 5.38. The van der Waals surface area contributed by atoms with Crippen molar-refractivity contribution in [3.05, 3.63) is 0 Å². The molecule has 1 atom stereocenters. The van der Waals surface area contributed by atoms with E-state index in [0.717, 1.165) is 38.6 Å². The third-order valence-electron chi connectivity index (χ3n) is 3.03. The molecule has 0 saturated carbocycles. The standard InChI is InChI=1S/C13H27N3OS/c1-4-14-12(15-8-6-9-17-3)16-11-13(2)7-5-10-18-13/h4-11H2,1-3H3,(H2,14,15,16). The van der Waals surface area contributed by atoms with Crippen LogP contribution in [-0.4, -0.2) is 49.8 Å². The fourth-order valence-electron chi connectivity index (χ4n) is 1.97. The Kier molecular flexibility index (Phi) is 7.51. The molecule has 1 aliphatic rings. The first-order valence-corrected chi connectivity index (χ1v) is 7.84. The van der Waals surface area contributed by atoms with E-state index in [1.165, 1.54) is 18.6 Å². The van der Waals surface area contributed by atoms with Crippen LogP contribution in [0.5, 0.6) is 0 Å². The Morgan fingerprint density at radius 3 is 2.89 bits per heavy atom. The molecule has 0 aromatic heterocycles. The molecule has 1 aliphatic heterocycles. The number of ether oxygens (including phenoxy) is 1. The molecule has 0 spiro atoms. The molecule has 2 N–H and O–H groups in total. The SMILES string of the molecule is CCNC(=NCC1(C)CCCS1)NCCCOC. The van der Waals surface area contributed by atoms with Crippen LogP contribution >= 0.6 is 11.8 Å². The van der Waals surface area contributed by atoms with Crippen LogP contribution in [0.15, 0.2) is 4.99 Å². The van der Waals surface area contributed by atoms with Crippen molar-refractivity contribution in [2.24, 2.45) is 4.99 Å². The molecule has 0 radical (unpaired) electrons. The van der Waals surface area contributed by atoms with E-state index in [2.05, 4.69) is 36.2 Å². The lowest BCUT2D eigenvalue weighted by Gasteiger charge is -2.21. The molecular formula is C13H27N3OS. The summed E-state index contributed by atoms with van der Waals surface area (Å²) in [6.45, 7) is 7.92. The lowest BCUT2D eigenvalue weighted by Crippen LogP contribution is -2.39. The van der Waals surface area contributed by atoms with Gasteiger partial charge in [0.1, 0.15) is 0 Å². The Morgan fingerprint density at radius 1 is 1.44 bits per heavy atom. The van der Waals surface area contributed by atoms with Gasteiger partial charge in [-0.2, -0.15) is 11.8 Å². The van der Waals surface area contributed by atoms with Crippen molar-refractivity contribution in [3.8, 4) is 0 Å². The Balaban J connectivity index is 2.34. The summed E-state index contributed by atoms with van der Waals surface area (Å²) in [5.74, 6) is 2.21. The molecule has 1 rings (SSSR count). The number of guanidine groups is 1. The van der Waals surface area contributed by atoms with Gasteiger partial charge in [0.2, 0.25) is 0 Å². The first-order chi connectivity index (χ1) is 8.70. The highest BCUT2D eigenvalue weighted by molar-refractivity contribution is 8.00. The highest BCUT2D eigenvalue weighted by Crippen LogP contribution is 2.37. The lowest BCUT2D eigenvalue weighted by atomic mass is 10.1. The monoisotopic (exact) mass is 273 g/mol. The summed E-state index contributed by atoms with van der Waals surface area (Å²) in [4.78, 5) is 4.70. The number of nitrogens with one attached hydrogen (secondary N) is 2. The van der Waals surface area contributed by atoms with Crippen molar-refractivity contribution in [2.45, 2.75) is 37.9 Å². The zero-order valence-corrected chi connectivity index (χ0v) is 12.7. The van der Waals surface area contributed by atoms with Gasteiger partial charge >= 0.3 is 0 Å². The van der Waals surface area contributed by atoms with Crippen LogP contribution in [0, 0.1) is 0 Å². The van der Waals surface area contributed by atoms with Crippen LogP contribution in [0.2, 0.25) is 0 Å². The van der Waals surface area contributed by atoms with E-state index in [9.17, 15) is 0 Å². The molecule has 0 aromatic carbocycles. The van der Waals surface area contributed by atoms with Gasteiger partial charge < -0.3 is 15.4 Å². The number of nitrogens with zero attached hydrogens (tertiary/aromatic N) is 1. The van der Waals surface area contributed by atoms with Crippen molar-refractivity contribution in [1.29, 1.82) is 0 Å². The Bertz CT molecular complexity index is 253. The molecule has 0 aromatic rings. The third kappa shape index (κ3) is 5.96. The smallest absolute Gasteiger partial charge is 0.191 e. The summed E-state index contributed by atoms with van der Waals surface area (Å²) in [7, 11) is 1.73. The average molecular weight is 273 g/mol. The van der Waals surface area contributed by atoms with E-state index in [4.69, 9.17) is 9.73 Å². The van der Waals surface area contributed by atoms with E-state index in [1.54, 1.807) is 7.11 Å². The normalized spacial score (nSPS) is 24.3. The largest absolute Gasteiger partial charge is 0.385 e. The first-order valence-electron chi connectivity index (χ1n) is 6.85. The highest BCUT2D eigenvalue weighted by Gasteiger charge is 2.29. The van der Waals surface area contributed by atoms with E-state index in [-0.39, 0.29) is 0 Å². The fourth-order valence-corrected chi connectivity index (χ4v) is 3.20. The topological polar surface area (TPSA) is 45.7 Å². The van der Waals surface area contributed by atoms with Gasteiger partial charge in [0.05, 0.1) is 6.54 Å². The van der Waals surface area contributed by atoms with Crippen LogP contribution < -0.4 is 10.6 Å². The zero-order chi connectivity index (χ0) is 13.3. The molecule has 5 heteroatoms. The second kappa shape index (κ2) is 8.64. The first kappa shape index (κ1) is 15.6. The molecule has 0 aliphatic carbocycles. The molecule has 1 fully saturated rings. The quantitative estimate of drug-likeness (QED) is 0.422. The van der Waals surface area contributed by atoms with Crippen molar-refractivity contribution >= 4 is 17.7 Å². The summed E-state index contributed by atoms with van der Waals surface area (Å²) >= 11 is 2.05. The average Bonchev–Trinajstić information content (AvgIpc) is 2.79. The fraction of sp³-hybridized carbons (Fsp3) is 0.923. The second-order valence-electron chi connectivity index (χ2n) is 4.87.